The van der Waals surface area contributed by atoms with E-state index in [0.29, 0.717) is 18.4 Å². The van der Waals surface area contributed by atoms with Crippen LogP contribution in [0.5, 0.6) is 0 Å². The lowest BCUT2D eigenvalue weighted by Gasteiger charge is -2.33. The van der Waals surface area contributed by atoms with Gasteiger partial charge in [0.05, 0.1) is 6.54 Å². The third-order valence-corrected chi connectivity index (χ3v) is 6.04. The monoisotopic (exact) mass is 377 g/mol. The van der Waals surface area contributed by atoms with Crippen LogP contribution in [0.1, 0.15) is 54.1 Å². The highest BCUT2D eigenvalue weighted by Gasteiger charge is 2.26. The van der Waals surface area contributed by atoms with Crippen LogP contribution in [0.4, 0.5) is 0 Å². The summed E-state index contributed by atoms with van der Waals surface area (Å²) in [6.45, 7) is 6.56. The SMILES string of the molecule is Cc1cccc(Cc2cccc([C@H]3CCCN(CC(=O)N4CCCC4)C3)n2)c1. The molecule has 1 aromatic heterocycles. The molecule has 1 aromatic carbocycles. The molecule has 2 aliphatic heterocycles. The molecule has 0 aliphatic carbocycles. The molecule has 0 spiro atoms. The Morgan fingerprint density at radius 2 is 1.89 bits per heavy atom. The van der Waals surface area contributed by atoms with E-state index in [2.05, 4.69) is 54.3 Å². The first kappa shape index (κ1) is 19.1. The third-order valence-electron chi connectivity index (χ3n) is 6.04. The molecule has 4 nitrogen and oxygen atoms in total. The average Bonchev–Trinajstić information content (AvgIpc) is 3.24. The number of carbonyl (C=O) groups excluding carboxylic acids is 1. The number of hydrogen-bond acceptors (Lipinski definition) is 3. The minimum atomic E-state index is 0.305. The molecule has 0 radical (unpaired) electrons. The zero-order valence-electron chi connectivity index (χ0n) is 16.9. The molecule has 0 N–H and O–H groups in total. The Kier molecular flexibility index (Phi) is 6.06. The second-order valence-electron chi connectivity index (χ2n) is 8.38. The van der Waals surface area contributed by atoms with Gasteiger partial charge in [-0.1, -0.05) is 35.9 Å². The maximum absolute atomic E-state index is 12.5. The summed E-state index contributed by atoms with van der Waals surface area (Å²) in [5.41, 5.74) is 4.92. The highest BCUT2D eigenvalue weighted by atomic mass is 16.2. The number of likely N-dealkylation sites (tertiary alicyclic amines) is 2. The summed E-state index contributed by atoms with van der Waals surface area (Å²) in [6, 6.07) is 15.1. The number of carbonyl (C=O) groups is 1. The van der Waals surface area contributed by atoms with Gasteiger partial charge >= 0.3 is 0 Å². The van der Waals surface area contributed by atoms with Crippen molar-refractivity contribution < 1.29 is 4.79 Å². The molecule has 2 saturated heterocycles. The molecule has 0 bridgehead atoms. The van der Waals surface area contributed by atoms with E-state index in [9.17, 15) is 4.79 Å². The summed E-state index contributed by atoms with van der Waals surface area (Å²) < 4.78 is 0. The van der Waals surface area contributed by atoms with Gasteiger partial charge in [-0.2, -0.15) is 0 Å². The molecule has 4 heteroatoms. The Morgan fingerprint density at radius 1 is 1.07 bits per heavy atom. The van der Waals surface area contributed by atoms with Gasteiger partial charge in [0, 0.05) is 43.4 Å². The van der Waals surface area contributed by atoms with Gasteiger partial charge in [-0.25, -0.2) is 0 Å². The van der Waals surface area contributed by atoms with Crippen LogP contribution in [0, 0.1) is 6.92 Å². The molecule has 28 heavy (non-hydrogen) atoms. The first-order valence-corrected chi connectivity index (χ1v) is 10.7. The quantitative estimate of drug-likeness (QED) is 0.796. The van der Waals surface area contributed by atoms with E-state index in [-0.39, 0.29) is 0 Å². The Morgan fingerprint density at radius 3 is 2.71 bits per heavy atom. The zero-order chi connectivity index (χ0) is 19.3. The van der Waals surface area contributed by atoms with Crippen molar-refractivity contribution in [2.75, 3.05) is 32.7 Å². The molecular weight excluding hydrogens is 346 g/mol. The predicted octanol–water partition coefficient (Wildman–Crippen LogP) is 3.78. The molecule has 3 heterocycles. The fourth-order valence-corrected chi connectivity index (χ4v) is 4.55. The zero-order valence-corrected chi connectivity index (χ0v) is 16.9. The van der Waals surface area contributed by atoms with Gasteiger partial charge in [0.25, 0.3) is 0 Å². The van der Waals surface area contributed by atoms with Crippen molar-refractivity contribution in [3.8, 4) is 0 Å². The topological polar surface area (TPSA) is 36.4 Å². The van der Waals surface area contributed by atoms with Crippen molar-refractivity contribution in [3.05, 3.63) is 65.0 Å². The first-order valence-electron chi connectivity index (χ1n) is 10.7. The van der Waals surface area contributed by atoms with Crippen LogP contribution < -0.4 is 0 Å². The number of rotatable bonds is 5. The lowest BCUT2D eigenvalue weighted by atomic mass is 9.93. The summed E-state index contributed by atoms with van der Waals surface area (Å²) >= 11 is 0. The molecule has 1 amide bonds. The maximum atomic E-state index is 12.5. The molecule has 1 atom stereocenters. The van der Waals surface area contributed by atoms with Crippen molar-refractivity contribution in [1.82, 2.24) is 14.8 Å². The van der Waals surface area contributed by atoms with Crippen LogP contribution in [-0.2, 0) is 11.2 Å². The van der Waals surface area contributed by atoms with E-state index in [0.717, 1.165) is 64.0 Å². The minimum absolute atomic E-state index is 0.305. The van der Waals surface area contributed by atoms with Crippen LogP contribution in [0.2, 0.25) is 0 Å². The van der Waals surface area contributed by atoms with Gasteiger partial charge in [-0.15, -0.1) is 0 Å². The highest BCUT2D eigenvalue weighted by molar-refractivity contribution is 5.78. The third kappa shape index (κ3) is 4.79. The number of aromatic nitrogens is 1. The fraction of sp³-hybridized carbons (Fsp3) is 0.500. The van der Waals surface area contributed by atoms with Gasteiger partial charge in [0.15, 0.2) is 0 Å². The van der Waals surface area contributed by atoms with Crippen LogP contribution in [-0.4, -0.2) is 53.4 Å². The number of nitrogens with zero attached hydrogens (tertiary/aromatic N) is 3. The Labute approximate surface area is 168 Å². The second kappa shape index (κ2) is 8.87. The van der Waals surface area contributed by atoms with Gasteiger partial charge in [0.2, 0.25) is 5.91 Å². The van der Waals surface area contributed by atoms with Crippen LogP contribution in [0.3, 0.4) is 0 Å². The van der Waals surface area contributed by atoms with E-state index >= 15 is 0 Å². The van der Waals surface area contributed by atoms with E-state index in [1.54, 1.807) is 0 Å². The van der Waals surface area contributed by atoms with Crippen molar-refractivity contribution in [3.63, 3.8) is 0 Å². The van der Waals surface area contributed by atoms with E-state index in [4.69, 9.17) is 4.98 Å². The summed E-state index contributed by atoms with van der Waals surface area (Å²) in [6.07, 6.45) is 5.49. The summed E-state index contributed by atoms with van der Waals surface area (Å²) in [5.74, 6) is 0.733. The molecule has 0 saturated carbocycles. The molecule has 2 fully saturated rings. The lowest BCUT2D eigenvalue weighted by molar-refractivity contribution is -0.131. The fourth-order valence-electron chi connectivity index (χ4n) is 4.55. The van der Waals surface area contributed by atoms with Crippen LogP contribution in [0.25, 0.3) is 0 Å². The smallest absolute Gasteiger partial charge is 0.236 e. The maximum Gasteiger partial charge on any atom is 0.236 e. The standard InChI is InChI=1S/C24H31N3O/c1-19-7-4-8-20(15-19)16-22-10-5-11-23(25-22)21-9-6-12-26(17-21)18-24(28)27-13-2-3-14-27/h4-5,7-8,10-11,15,21H,2-3,6,9,12-14,16-18H2,1H3/t21-/m0/s1. The Balaban J connectivity index is 1.39. The van der Waals surface area contributed by atoms with Gasteiger partial charge in [-0.3, -0.25) is 14.7 Å². The molecular formula is C24H31N3O. The average molecular weight is 378 g/mol. The molecule has 2 aliphatic rings. The van der Waals surface area contributed by atoms with E-state index in [1.807, 2.05) is 4.90 Å². The highest BCUT2D eigenvalue weighted by Crippen LogP contribution is 2.26. The normalized spacial score (nSPS) is 20.5. The Bertz CT molecular complexity index is 813. The molecule has 2 aromatic rings. The number of pyridine rings is 1. The van der Waals surface area contributed by atoms with Gasteiger partial charge in [0.1, 0.15) is 0 Å². The largest absolute Gasteiger partial charge is 0.342 e. The number of benzene rings is 1. The summed E-state index contributed by atoms with van der Waals surface area (Å²) in [7, 11) is 0. The number of aryl methyl sites for hydroxylation is 1. The second-order valence-corrected chi connectivity index (χ2v) is 8.38. The predicted molar refractivity (Wildman–Crippen MR) is 112 cm³/mol. The van der Waals surface area contributed by atoms with Crippen molar-refractivity contribution in [2.24, 2.45) is 0 Å². The van der Waals surface area contributed by atoms with Gasteiger partial charge < -0.3 is 4.90 Å². The molecule has 148 valence electrons. The summed E-state index contributed by atoms with van der Waals surface area (Å²) in [4.78, 5) is 21.9. The van der Waals surface area contributed by atoms with Crippen molar-refractivity contribution in [1.29, 1.82) is 0 Å². The van der Waals surface area contributed by atoms with Crippen molar-refractivity contribution >= 4 is 5.91 Å². The van der Waals surface area contributed by atoms with Crippen molar-refractivity contribution in [2.45, 2.75) is 44.9 Å². The van der Waals surface area contributed by atoms with Crippen LogP contribution in [0.15, 0.2) is 42.5 Å². The van der Waals surface area contributed by atoms with E-state index < -0.39 is 0 Å². The number of piperidine rings is 1. The number of amides is 1. The minimum Gasteiger partial charge on any atom is -0.342 e. The molecule has 4 rings (SSSR count). The molecule has 0 unspecified atom stereocenters. The van der Waals surface area contributed by atoms with Gasteiger partial charge in [-0.05, 0) is 56.8 Å². The Hall–Kier alpha value is -2.20. The first-order chi connectivity index (χ1) is 13.7. The van der Waals surface area contributed by atoms with E-state index in [1.165, 1.54) is 16.8 Å². The number of hydrogen-bond donors (Lipinski definition) is 0. The van der Waals surface area contributed by atoms with Crippen LogP contribution >= 0.6 is 0 Å². The lowest BCUT2D eigenvalue weighted by Crippen LogP contribution is -2.43. The summed E-state index contributed by atoms with van der Waals surface area (Å²) in [5, 5.41) is 0.